The fourth-order valence-corrected chi connectivity index (χ4v) is 6.16. The molecule has 174 valence electrons. The van der Waals surface area contributed by atoms with Crippen LogP contribution in [0.15, 0.2) is 106 Å². The van der Waals surface area contributed by atoms with Crippen LogP contribution in [0.3, 0.4) is 0 Å². The largest absolute Gasteiger partial charge is 0.414 e. The van der Waals surface area contributed by atoms with E-state index in [-0.39, 0.29) is 6.54 Å². The lowest BCUT2D eigenvalue weighted by Gasteiger charge is -2.40. The fourth-order valence-electron chi connectivity index (χ4n) is 3.10. The zero-order valence-corrected chi connectivity index (χ0v) is 18.3. The van der Waals surface area contributed by atoms with Gasteiger partial charge >= 0.3 is 17.8 Å². The number of amides is 1. The molecule has 0 radical (unpaired) electrons. The molecule has 0 heterocycles. The van der Waals surface area contributed by atoms with Crippen LogP contribution in [0.1, 0.15) is 6.92 Å². The summed E-state index contributed by atoms with van der Waals surface area (Å²) in [5, 5.41) is 1.63. The maximum Gasteiger partial charge on any atom is 0.414 e. The Morgan fingerprint density at radius 2 is 1.09 bits per heavy atom. The third kappa shape index (κ3) is 4.45. The first-order valence-corrected chi connectivity index (χ1v) is 11.5. The van der Waals surface area contributed by atoms with E-state index >= 15 is 0 Å². The summed E-state index contributed by atoms with van der Waals surface area (Å²) < 4.78 is 63.7. The highest BCUT2D eigenvalue weighted by Gasteiger charge is 2.69. The van der Waals surface area contributed by atoms with Gasteiger partial charge in [-0.05, 0) is 53.6 Å². The van der Waals surface area contributed by atoms with Crippen LogP contribution >= 0.6 is 10.3 Å². The Hall–Kier alpha value is -3.33. The van der Waals surface area contributed by atoms with E-state index in [9.17, 15) is 27.2 Å². The Morgan fingerprint density at radius 1 is 0.727 bits per heavy atom. The fraction of sp³-hybridized carbons (Fsp3) is 0.167. The molecule has 0 atom stereocenters. The molecule has 0 spiro atoms. The van der Waals surface area contributed by atoms with Crippen LogP contribution in [0.2, 0.25) is 0 Å². The first-order chi connectivity index (χ1) is 15.7. The summed E-state index contributed by atoms with van der Waals surface area (Å²) in [6.45, 7) is 0.979. The van der Waals surface area contributed by atoms with Crippen LogP contribution in [0.5, 0.6) is 0 Å². The van der Waals surface area contributed by atoms with E-state index in [1.165, 1.54) is 6.92 Å². The van der Waals surface area contributed by atoms with Crippen molar-refractivity contribution in [1.29, 1.82) is 0 Å². The van der Waals surface area contributed by atoms with E-state index in [0.29, 0.717) is 14.7 Å². The molecule has 0 saturated heterocycles. The zero-order valence-electron chi connectivity index (χ0n) is 17.5. The Morgan fingerprint density at radius 3 is 1.42 bits per heavy atom. The van der Waals surface area contributed by atoms with Crippen molar-refractivity contribution in [2.24, 2.45) is 0 Å². The normalized spacial score (nSPS) is 12.6. The van der Waals surface area contributed by atoms with Crippen LogP contribution in [0.25, 0.3) is 0 Å². The summed E-state index contributed by atoms with van der Waals surface area (Å²) in [5.41, 5.74) is 0. The third-order valence-corrected chi connectivity index (χ3v) is 7.91. The molecule has 9 heteroatoms. The molecule has 0 aliphatic rings. The lowest BCUT2D eigenvalue weighted by Crippen LogP contribution is -2.57. The van der Waals surface area contributed by atoms with E-state index in [0.717, 1.165) is 0 Å². The molecule has 0 unspecified atom stereocenters. The molecule has 0 aliphatic carbocycles. The summed E-state index contributed by atoms with van der Waals surface area (Å²) in [6.07, 6.45) is 0. The van der Waals surface area contributed by atoms with Gasteiger partial charge < -0.3 is 9.50 Å². The van der Waals surface area contributed by atoms with Crippen LogP contribution in [-0.2, 0) is 13.8 Å². The van der Waals surface area contributed by atoms with Gasteiger partial charge in [0.1, 0.15) is 0 Å². The highest BCUT2D eigenvalue weighted by atomic mass is 32.3. The minimum atomic E-state index is -5.41. The molecular weight excluding hydrogens is 458 g/mol. The van der Waals surface area contributed by atoms with Gasteiger partial charge in [-0.2, -0.15) is 17.6 Å². The van der Waals surface area contributed by atoms with Crippen molar-refractivity contribution in [3.63, 3.8) is 0 Å². The number of alkyl halides is 4. The number of rotatable bonds is 8. The standard InChI is InChI=1S/C24H21F4NO3S/c1-2-29-21(30)23(25,26)24(27,28)22(31)32-33(18-12-6-3-7-13-18,19-14-8-4-9-15-19)20-16-10-5-11-17-20/h3-17H,2H2,1H3,(H,29,30). The Kier molecular flexibility index (Phi) is 7.12. The summed E-state index contributed by atoms with van der Waals surface area (Å²) in [6, 6.07) is 24.2. The SMILES string of the molecule is CCNC(=O)C(F)(F)C(F)(F)C(=O)OS(c1ccccc1)(c1ccccc1)c1ccccc1. The predicted molar refractivity (Wildman–Crippen MR) is 116 cm³/mol. The summed E-state index contributed by atoms with van der Waals surface area (Å²) in [4.78, 5) is 25.4. The van der Waals surface area contributed by atoms with Gasteiger partial charge in [0.15, 0.2) is 0 Å². The van der Waals surface area contributed by atoms with Crippen molar-refractivity contribution in [2.75, 3.05) is 6.54 Å². The lowest BCUT2D eigenvalue weighted by atomic mass is 10.1. The van der Waals surface area contributed by atoms with E-state index in [4.69, 9.17) is 4.18 Å². The molecule has 3 aromatic carbocycles. The molecule has 3 aromatic rings. The topological polar surface area (TPSA) is 55.4 Å². The van der Waals surface area contributed by atoms with Crippen LogP contribution in [-0.4, -0.2) is 30.3 Å². The molecule has 3 rings (SSSR count). The number of nitrogens with one attached hydrogen (secondary N) is 1. The van der Waals surface area contributed by atoms with Gasteiger partial charge in [0.2, 0.25) is 0 Å². The van der Waals surface area contributed by atoms with Gasteiger partial charge in [-0.25, -0.2) is 4.79 Å². The molecule has 0 aliphatic heterocycles. The average molecular weight is 479 g/mol. The van der Waals surface area contributed by atoms with Gasteiger partial charge in [0.05, 0.1) is 0 Å². The summed E-state index contributed by atoms with van der Waals surface area (Å²) >= 11 is 0. The third-order valence-electron chi connectivity index (χ3n) is 4.70. The number of hydrogen-bond acceptors (Lipinski definition) is 3. The second kappa shape index (κ2) is 9.66. The highest BCUT2D eigenvalue weighted by Crippen LogP contribution is 2.69. The first-order valence-electron chi connectivity index (χ1n) is 9.94. The van der Waals surface area contributed by atoms with Crippen LogP contribution in [0.4, 0.5) is 17.6 Å². The van der Waals surface area contributed by atoms with Crippen molar-refractivity contribution in [2.45, 2.75) is 33.5 Å². The first kappa shape index (κ1) is 24.3. The van der Waals surface area contributed by atoms with Gasteiger partial charge in [-0.1, -0.05) is 54.6 Å². The van der Waals surface area contributed by atoms with Gasteiger partial charge in [0.25, 0.3) is 5.91 Å². The quantitative estimate of drug-likeness (QED) is 0.414. The maximum atomic E-state index is 14.8. The van der Waals surface area contributed by atoms with Crippen molar-refractivity contribution in [1.82, 2.24) is 5.32 Å². The summed E-state index contributed by atoms with van der Waals surface area (Å²) in [7, 11) is -3.21. The molecule has 33 heavy (non-hydrogen) atoms. The van der Waals surface area contributed by atoms with Crippen molar-refractivity contribution in [3.8, 4) is 0 Å². The zero-order chi connectivity index (χ0) is 24.1. The average Bonchev–Trinajstić information content (AvgIpc) is 2.84. The molecular formula is C24H21F4NO3S. The molecule has 0 fully saturated rings. The Balaban J connectivity index is 2.21. The minimum Gasteiger partial charge on any atom is -0.397 e. The number of halogens is 4. The number of benzene rings is 3. The van der Waals surface area contributed by atoms with Gasteiger partial charge in [-0.3, -0.25) is 4.79 Å². The van der Waals surface area contributed by atoms with Crippen molar-refractivity contribution in [3.05, 3.63) is 91.0 Å². The number of hydrogen-bond donors (Lipinski definition) is 1. The number of carbonyl (C=O) groups excluding carboxylic acids is 2. The molecule has 1 N–H and O–H groups in total. The minimum absolute atomic E-state index is 0.313. The second-order valence-electron chi connectivity index (χ2n) is 6.87. The summed E-state index contributed by atoms with van der Waals surface area (Å²) in [5.74, 6) is -15.5. The second-order valence-corrected chi connectivity index (χ2v) is 9.57. The smallest absolute Gasteiger partial charge is 0.397 e. The monoisotopic (exact) mass is 479 g/mol. The van der Waals surface area contributed by atoms with E-state index in [2.05, 4.69) is 0 Å². The maximum absolute atomic E-state index is 14.8. The molecule has 1 amide bonds. The molecule has 0 bridgehead atoms. The molecule has 4 nitrogen and oxygen atoms in total. The van der Waals surface area contributed by atoms with E-state index in [1.54, 1.807) is 96.3 Å². The van der Waals surface area contributed by atoms with Crippen LogP contribution in [0, 0.1) is 0 Å². The van der Waals surface area contributed by atoms with Crippen molar-refractivity contribution >= 4 is 22.2 Å². The predicted octanol–water partition coefficient (Wildman–Crippen LogP) is 5.83. The Labute approximate surface area is 190 Å². The van der Waals surface area contributed by atoms with E-state index < -0.39 is 34.0 Å². The highest BCUT2D eigenvalue weighted by molar-refractivity contribution is 8.30. The van der Waals surface area contributed by atoms with E-state index in [1.807, 2.05) is 0 Å². The van der Waals surface area contributed by atoms with Gasteiger partial charge in [0, 0.05) is 21.2 Å². The number of carbonyl (C=O) groups is 2. The molecule has 0 saturated carbocycles. The lowest BCUT2D eigenvalue weighted by molar-refractivity contribution is -0.219. The molecule has 0 aromatic heterocycles. The van der Waals surface area contributed by atoms with Crippen molar-refractivity contribution < 1.29 is 31.3 Å². The van der Waals surface area contributed by atoms with Crippen LogP contribution < -0.4 is 5.32 Å². The Bertz CT molecular complexity index is 1000. The van der Waals surface area contributed by atoms with Gasteiger partial charge in [-0.15, -0.1) is 0 Å².